The highest BCUT2D eigenvalue weighted by molar-refractivity contribution is 6.33. The largest absolute Gasteiger partial charge is 0.418 e. The third-order valence-electron chi connectivity index (χ3n) is 2.05. The zero-order valence-electron chi connectivity index (χ0n) is 9.18. The van der Waals surface area contributed by atoms with Crippen LogP contribution in [0.1, 0.15) is 25.3 Å². The van der Waals surface area contributed by atoms with E-state index in [4.69, 9.17) is 17.3 Å². The highest BCUT2D eigenvalue weighted by Gasteiger charge is 2.34. The topological polar surface area (TPSA) is 38.4 Å². The minimum Gasteiger partial charge on any atom is -0.387 e. The van der Waals surface area contributed by atoms with E-state index in [0.717, 1.165) is 6.07 Å². The van der Waals surface area contributed by atoms with Crippen molar-refractivity contribution in [1.29, 1.82) is 0 Å². The molecule has 0 aliphatic heterocycles. The van der Waals surface area contributed by atoms with Crippen LogP contribution in [-0.2, 0) is 6.18 Å². The summed E-state index contributed by atoms with van der Waals surface area (Å²) in [5, 5.41) is -0.0566. The summed E-state index contributed by atoms with van der Waals surface area (Å²) in [7, 11) is 0. The fourth-order valence-electron chi connectivity index (χ4n) is 1.31. The van der Waals surface area contributed by atoms with Gasteiger partial charge < -0.3 is 5.73 Å². The highest BCUT2D eigenvalue weighted by Crippen LogP contribution is 2.40. The third-order valence-corrected chi connectivity index (χ3v) is 2.36. The summed E-state index contributed by atoms with van der Waals surface area (Å²) in [6, 6.07) is 3.53. The van der Waals surface area contributed by atoms with Crippen LogP contribution in [0.25, 0.3) is 0 Å². The molecule has 2 nitrogen and oxygen atoms in total. The zero-order chi connectivity index (χ0) is 13.1. The monoisotopic (exact) mass is 264 g/mol. The number of nitrogens with two attached hydrogens (primary N) is 1. The maximum Gasteiger partial charge on any atom is 0.418 e. The van der Waals surface area contributed by atoms with E-state index >= 15 is 0 Å². The van der Waals surface area contributed by atoms with Crippen LogP contribution in [-0.4, -0.2) is 5.84 Å². The summed E-state index contributed by atoms with van der Waals surface area (Å²) in [4.78, 5) is 3.76. The van der Waals surface area contributed by atoms with E-state index in [1.807, 2.05) is 6.92 Å². The minimum absolute atomic E-state index is 0.0566. The van der Waals surface area contributed by atoms with E-state index in [9.17, 15) is 13.2 Å². The minimum atomic E-state index is -4.49. The van der Waals surface area contributed by atoms with Gasteiger partial charge in [-0.25, -0.2) is 4.99 Å². The number of alkyl halides is 3. The van der Waals surface area contributed by atoms with Crippen LogP contribution in [0.4, 0.5) is 18.9 Å². The average Bonchev–Trinajstić information content (AvgIpc) is 2.19. The molecule has 6 heteroatoms. The number of nitrogens with zero attached hydrogens (tertiary/aromatic N) is 1. The van der Waals surface area contributed by atoms with Crippen molar-refractivity contribution in [2.75, 3.05) is 0 Å². The number of rotatable bonds is 3. The molecule has 2 N–H and O–H groups in total. The molecule has 0 aliphatic rings. The maximum atomic E-state index is 12.7. The number of amidine groups is 1. The van der Waals surface area contributed by atoms with Crippen LogP contribution in [0.2, 0.25) is 5.02 Å². The second-order valence-corrected chi connectivity index (χ2v) is 3.89. The van der Waals surface area contributed by atoms with Gasteiger partial charge in [0.1, 0.15) is 0 Å². The molecule has 0 amide bonds. The molecule has 94 valence electrons. The predicted molar refractivity (Wildman–Crippen MR) is 62.6 cm³/mol. The number of hydrogen-bond acceptors (Lipinski definition) is 1. The molecule has 0 heterocycles. The third kappa shape index (κ3) is 3.63. The molecule has 0 fully saturated rings. The van der Waals surface area contributed by atoms with E-state index < -0.39 is 11.7 Å². The Labute approximate surface area is 102 Å². The molecule has 0 aliphatic carbocycles. The van der Waals surface area contributed by atoms with E-state index in [2.05, 4.69) is 4.99 Å². The lowest BCUT2D eigenvalue weighted by atomic mass is 10.1. The summed E-state index contributed by atoms with van der Waals surface area (Å²) in [6.45, 7) is 1.86. The van der Waals surface area contributed by atoms with Gasteiger partial charge in [0.2, 0.25) is 0 Å². The fraction of sp³-hybridized carbons (Fsp3) is 0.364. The van der Waals surface area contributed by atoms with Crippen molar-refractivity contribution >= 4 is 23.1 Å². The lowest BCUT2D eigenvalue weighted by Crippen LogP contribution is -2.12. The van der Waals surface area contributed by atoms with E-state index in [1.165, 1.54) is 12.1 Å². The lowest BCUT2D eigenvalue weighted by Gasteiger charge is -2.11. The van der Waals surface area contributed by atoms with Gasteiger partial charge in [-0.15, -0.1) is 0 Å². The van der Waals surface area contributed by atoms with Crippen molar-refractivity contribution in [2.24, 2.45) is 10.7 Å². The molecule has 0 saturated carbocycles. The van der Waals surface area contributed by atoms with Crippen molar-refractivity contribution in [3.63, 3.8) is 0 Å². The molecule has 0 atom stereocenters. The number of benzene rings is 1. The van der Waals surface area contributed by atoms with Gasteiger partial charge >= 0.3 is 6.18 Å². The van der Waals surface area contributed by atoms with E-state index in [1.54, 1.807) is 0 Å². The van der Waals surface area contributed by atoms with Gasteiger partial charge in [-0.3, -0.25) is 0 Å². The van der Waals surface area contributed by atoms with Crippen LogP contribution in [0, 0.1) is 0 Å². The molecule has 17 heavy (non-hydrogen) atoms. The van der Waals surface area contributed by atoms with Crippen molar-refractivity contribution in [2.45, 2.75) is 25.9 Å². The molecule has 0 unspecified atom stereocenters. The molecule has 1 aromatic carbocycles. The quantitative estimate of drug-likeness (QED) is 0.646. The first-order valence-electron chi connectivity index (χ1n) is 5.05. The van der Waals surface area contributed by atoms with Crippen molar-refractivity contribution in [1.82, 2.24) is 0 Å². The Morgan fingerprint density at radius 2 is 2.06 bits per heavy atom. The molecule has 1 aromatic rings. The zero-order valence-corrected chi connectivity index (χ0v) is 9.94. The second kappa shape index (κ2) is 5.40. The smallest absolute Gasteiger partial charge is 0.387 e. The molecule has 0 saturated heterocycles. The van der Waals surface area contributed by atoms with Crippen LogP contribution in [0.15, 0.2) is 23.2 Å². The van der Waals surface area contributed by atoms with Gasteiger partial charge in [0.25, 0.3) is 0 Å². The Kier molecular flexibility index (Phi) is 4.40. The van der Waals surface area contributed by atoms with Crippen molar-refractivity contribution in [3.05, 3.63) is 28.8 Å². The Balaban J connectivity index is 3.26. The SMILES string of the molecule is CCCC(N)=Nc1c(Cl)cccc1C(F)(F)F. The van der Waals surface area contributed by atoms with Crippen LogP contribution < -0.4 is 5.73 Å². The number of para-hydroxylation sites is 1. The van der Waals surface area contributed by atoms with E-state index in [-0.39, 0.29) is 16.5 Å². The van der Waals surface area contributed by atoms with Gasteiger partial charge in [-0.05, 0) is 18.6 Å². The molecule has 0 spiro atoms. The summed E-state index contributed by atoms with van der Waals surface area (Å²) < 4.78 is 38.1. The van der Waals surface area contributed by atoms with Gasteiger partial charge in [-0.1, -0.05) is 24.6 Å². The fourth-order valence-corrected chi connectivity index (χ4v) is 1.53. The van der Waals surface area contributed by atoms with Crippen LogP contribution >= 0.6 is 11.6 Å². The first-order chi connectivity index (χ1) is 7.86. The summed E-state index contributed by atoms with van der Waals surface area (Å²) in [5.41, 5.74) is 4.34. The van der Waals surface area contributed by atoms with Gasteiger partial charge in [-0.2, -0.15) is 13.2 Å². The molecule has 0 aromatic heterocycles. The summed E-state index contributed by atoms with van der Waals surface area (Å²) >= 11 is 5.72. The summed E-state index contributed by atoms with van der Waals surface area (Å²) in [5.74, 6) is 0.145. The first-order valence-corrected chi connectivity index (χ1v) is 5.42. The Morgan fingerprint density at radius 3 is 2.59 bits per heavy atom. The van der Waals surface area contributed by atoms with Crippen LogP contribution in [0.3, 0.4) is 0 Å². The maximum absolute atomic E-state index is 12.7. The van der Waals surface area contributed by atoms with Crippen LogP contribution in [0.5, 0.6) is 0 Å². The Morgan fingerprint density at radius 1 is 1.41 bits per heavy atom. The highest BCUT2D eigenvalue weighted by atomic mass is 35.5. The second-order valence-electron chi connectivity index (χ2n) is 3.49. The average molecular weight is 265 g/mol. The van der Waals surface area contributed by atoms with Gasteiger partial charge in [0.05, 0.1) is 22.1 Å². The molecular formula is C11H12ClF3N2. The first kappa shape index (κ1) is 13.8. The molecular weight excluding hydrogens is 253 g/mol. The van der Waals surface area contributed by atoms with Crippen molar-refractivity contribution < 1.29 is 13.2 Å². The van der Waals surface area contributed by atoms with Crippen molar-refractivity contribution in [3.8, 4) is 0 Å². The number of halogens is 4. The number of hydrogen-bond donors (Lipinski definition) is 1. The Hall–Kier alpha value is -1.23. The molecule has 0 radical (unpaired) electrons. The lowest BCUT2D eigenvalue weighted by molar-refractivity contribution is -0.137. The van der Waals surface area contributed by atoms with Gasteiger partial charge in [0.15, 0.2) is 0 Å². The molecule has 0 bridgehead atoms. The van der Waals surface area contributed by atoms with Gasteiger partial charge in [0, 0.05) is 6.42 Å². The predicted octanol–water partition coefficient (Wildman–Crippen LogP) is 4.15. The number of aliphatic imine (C=N–C) groups is 1. The Bertz CT molecular complexity index is 427. The summed E-state index contributed by atoms with van der Waals surface area (Å²) in [6.07, 6.45) is -3.35. The standard InChI is InChI=1S/C11H12ClF3N2/c1-2-4-9(16)17-10-7(11(13,14)15)5-3-6-8(10)12/h3,5-6H,2,4H2,1H3,(H2,16,17). The molecule has 1 rings (SSSR count). The normalized spacial score (nSPS) is 12.9. The van der Waals surface area contributed by atoms with E-state index in [0.29, 0.717) is 12.8 Å².